The minimum atomic E-state index is -3.61. The van der Waals surface area contributed by atoms with Gasteiger partial charge in [0.05, 0.1) is 11.2 Å². The standard InChI is InChI=1S/C30H21NO3S.C24H26BNO2.C12H7BrO3S.CH4.H12P10/c32-35(33)29-14-8-7-13-27(29)34-28-21-23(17-20-30(28)35)22-15-18-26(19-16-22)31(24-9-3-1-4-10-24)25-11-5-2-6-12-25;1-23(2)24(3,4)28-25(27-23)19-15-17-22(18-16-19)26(20-11-7-5-8-12-20)21-13-9-6-10-14-21;13-8-5-6-12-10(7-8)16-9-3-1-2-4-11(9)17(12,14)15;;1-7(2)10(8(3)4)9(5)6/h1-21H;5-18H,1-4H3;1-7H;1H4;1-6H2. The molecule has 0 amide bonds. The van der Waals surface area contributed by atoms with Gasteiger partial charge in [-0.05, 0) is 200 Å². The highest BCUT2D eigenvalue weighted by molar-refractivity contribution is 9.16. The molecule has 10 aromatic carbocycles. The van der Waals surface area contributed by atoms with Gasteiger partial charge in [0.1, 0.15) is 42.6 Å². The fourth-order valence-corrected chi connectivity index (χ4v) is 99.8. The third-order valence-corrected chi connectivity index (χ3v) is 68.7. The van der Waals surface area contributed by atoms with Crippen molar-refractivity contribution in [3.8, 4) is 34.1 Å². The number of ether oxygens (including phenoxy) is 2. The molecular formula is C67H70BBrN2O8P10S2. The molecule has 1 saturated heterocycles. The van der Waals surface area contributed by atoms with Crippen LogP contribution < -0.4 is 24.7 Å². The molecule has 3 aliphatic heterocycles. The summed E-state index contributed by atoms with van der Waals surface area (Å²) in [6, 6.07) is 81.4. The Labute approximate surface area is 564 Å². The van der Waals surface area contributed by atoms with Crippen LogP contribution in [0, 0.1) is 0 Å². The largest absolute Gasteiger partial charge is 0.494 e. The Morgan fingerprint density at radius 1 is 0.374 bits per heavy atom. The molecule has 0 bridgehead atoms. The lowest BCUT2D eigenvalue weighted by Crippen LogP contribution is -2.41. The van der Waals surface area contributed by atoms with Crippen molar-refractivity contribution < 1.29 is 35.6 Å². The van der Waals surface area contributed by atoms with Crippen LogP contribution >= 0.6 is 97.5 Å². The molecule has 24 heteroatoms. The lowest BCUT2D eigenvalue weighted by Gasteiger charge is -2.32. The molecule has 1 fully saturated rings. The van der Waals surface area contributed by atoms with E-state index in [0.29, 0.717) is 23.0 Å². The van der Waals surface area contributed by atoms with Crippen LogP contribution in [0.2, 0.25) is 0 Å². The maximum atomic E-state index is 13.0. The summed E-state index contributed by atoms with van der Waals surface area (Å²) in [5.41, 5.74) is 8.71. The maximum absolute atomic E-state index is 13.0. The number of fused-ring (bicyclic) bond motifs is 4. The summed E-state index contributed by atoms with van der Waals surface area (Å²) in [6.45, 7) is 8.93. The summed E-state index contributed by atoms with van der Waals surface area (Å²) in [7, 11) is 10.3. The lowest BCUT2D eigenvalue weighted by atomic mass is 9.79. The zero-order valence-electron chi connectivity index (χ0n) is 49.4. The third-order valence-electron chi connectivity index (χ3n) is 15.0. The highest BCUT2D eigenvalue weighted by Gasteiger charge is 2.51. The Morgan fingerprint density at radius 2 is 0.681 bits per heavy atom. The van der Waals surface area contributed by atoms with Crippen molar-refractivity contribution in [3.63, 3.8) is 0 Å². The first-order valence-corrected chi connectivity index (χ1v) is 49.0. The number of rotatable bonds is 11. The van der Waals surface area contributed by atoms with Crippen LogP contribution in [-0.4, -0.2) is 35.2 Å². The summed E-state index contributed by atoms with van der Waals surface area (Å²) >= 11 is 3.29. The fraction of sp³-hybridized carbons (Fsp3) is 0.104. The monoisotopic (exact) mass is 1490 g/mol. The van der Waals surface area contributed by atoms with Gasteiger partial charge in [-0.15, -0.1) is 53.6 Å². The van der Waals surface area contributed by atoms with Gasteiger partial charge in [0.25, 0.3) is 0 Å². The van der Waals surface area contributed by atoms with Crippen LogP contribution in [0.4, 0.5) is 34.1 Å². The van der Waals surface area contributed by atoms with Crippen molar-refractivity contribution in [1.29, 1.82) is 0 Å². The Kier molecular flexibility index (Phi) is 24.5. The van der Waals surface area contributed by atoms with Gasteiger partial charge >= 0.3 is 7.12 Å². The van der Waals surface area contributed by atoms with E-state index in [9.17, 15) is 16.8 Å². The Balaban J connectivity index is 0.000000156. The van der Waals surface area contributed by atoms with E-state index in [2.05, 4.69) is 216 Å². The fourth-order valence-electron chi connectivity index (χ4n) is 9.88. The van der Waals surface area contributed by atoms with Gasteiger partial charge in [-0.1, -0.05) is 151 Å². The normalized spacial score (nSPS) is 14.8. The van der Waals surface area contributed by atoms with Gasteiger partial charge in [0.2, 0.25) is 19.7 Å². The molecule has 0 saturated carbocycles. The maximum Gasteiger partial charge on any atom is 0.494 e. The molecule has 0 radical (unpaired) electrons. The highest BCUT2D eigenvalue weighted by atomic mass is 79.9. The first-order valence-electron chi connectivity index (χ1n) is 28.1. The molecule has 468 valence electrons. The predicted molar refractivity (Wildman–Crippen MR) is 414 cm³/mol. The second kappa shape index (κ2) is 31.3. The minimum absolute atomic E-state index is 0. The van der Waals surface area contributed by atoms with Gasteiger partial charge in [0.15, 0.2) is 0 Å². The van der Waals surface area contributed by atoms with E-state index < -0.39 is 19.7 Å². The quantitative estimate of drug-likeness (QED) is 0.0917. The number of benzene rings is 10. The molecule has 0 spiro atoms. The second-order valence-corrected chi connectivity index (χ2v) is 62.8. The summed E-state index contributed by atoms with van der Waals surface area (Å²) in [5.74, 6) is 1.44. The van der Waals surface area contributed by atoms with E-state index >= 15 is 0 Å². The van der Waals surface area contributed by atoms with E-state index in [4.69, 9.17) is 18.8 Å². The topological polar surface area (TPSA) is 112 Å². The number of hydrogen-bond acceptors (Lipinski definition) is 10. The summed E-state index contributed by atoms with van der Waals surface area (Å²) in [4.78, 5) is 5.26. The molecule has 6 unspecified atom stereocenters. The average molecular weight is 1500 g/mol. The summed E-state index contributed by atoms with van der Waals surface area (Å²) < 4.78 is 75.4. The Bertz CT molecular complexity index is 4220. The van der Waals surface area contributed by atoms with E-state index in [1.807, 2.05) is 66.7 Å². The van der Waals surface area contributed by atoms with Crippen LogP contribution in [0.25, 0.3) is 11.1 Å². The van der Waals surface area contributed by atoms with Crippen molar-refractivity contribution in [3.05, 3.63) is 259 Å². The van der Waals surface area contributed by atoms with Crippen molar-refractivity contribution in [2.24, 2.45) is 0 Å². The summed E-state index contributed by atoms with van der Waals surface area (Å²) in [5, 5.41) is 0. The molecule has 10 nitrogen and oxygen atoms in total. The number of para-hydroxylation sites is 6. The van der Waals surface area contributed by atoms with Gasteiger partial charge < -0.3 is 28.6 Å². The second-order valence-electron chi connectivity index (χ2n) is 21.5. The SMILES string of the molecule is C.CC1(C)OB(c2ccc(N(c3ccccc3)c3ccccc3)cc2)OC1(C)C.O=S1(=O)c2ccccc2Oc2cc(-c3ccc(N(c4ccccc4)c4ccccc4)cc3)ccc21.O=S1(=O)c2ccccc2Oc2cc(Br)ccc21.PP(P)P(P(P)P)P(P)P. The molecule has 0 N–H and O–H groups in total. The molecular weight excluding hydrogens is 1430 g/mol. The number of sulfone groups is 2. The van der Waals surface area contributed by atoms with E-state index in [-0.39, 0.29) is 73.3 Å². The molecule has 0 aliphatic carbocycles. The first-order chi connectivity index (χ1) is 43.0. The highest BCUT2D eigenvalue weighted by Crippen LogP contribution is 3.10. The van der Waals surface area contributed by atoms with Gasteiger partial charge in [-0.25, -0.2) is 16.8 Å². The van der Waals surface area contributed by atoms with Gasteiger partial charge in [-0.3, -0.25) is 0 Å². The van der Waals surface area contributed by atoms with E-state index in [1.54, 1.807) is 78.9 Å². The molecule has 0 aromatic heterocycles. The van der Waals surface area contributed by atoms with Crippen LogP contribution in [0.15, 0.2) is 279 Å². The Morgan fingerprint density at radius 3 is 1.05 bits per heavy atom. The van der Waals surface area contributed by atoms with E-state index in [1.165, 1.54) is 0 Å². The number of nitrogens with zero attached hydrogens (tertiary/aromatic N) is 2. The van der Waals surface area contributed by atoms with Gasteiger partial charge in [0, 0.05) is 38.6 Å². The third kappa shape index (κ3) is 16.7. The zero-order chi connectivity index (χ0) is 64.0. The number of halogens is 1. The van der Waals surface area contributed by atoms with Crippen LogP contribution in [-0.2, 0) is 29.0 Å². The Hall–Kier alpha value is -3.94. The lowest BCUT2D eigenvalue weighted by molar-refractivity contribution is 0.00578. The molecule has 13 rings (SSSR count). The van der Waals surface area contributed by atoms with Crippen molar-refractivity contribution in [2.45, 2.75) is 65.9 Å². The van der Waals surface area contributed by atoms with E-state index in [0.717, 1.165) is 55.2 Å². The van der Waals surface area contributed by atoms with Crippen molar-refractivity contribution >= 4 is 164 Å². The van der Waals surface area contributed by atoms with Crippen LogP contribution in [0.1, 0.15) is 35.1 Å². The number of anilines is 6. The molecule has 3 heterocycles. The predicted octanol–water partition coefficient (Wildman–Crippen LogP) is 22.6. The molecule has 91 heavy (non-hydrogen) atoms. The van der Waals surface area contributed by atoms with Crippen molar-refractivity contribution in [1.82, 2.24) is 0 Å². The summed E-state index contributed by atoms with van der Waals surface area (Å²) in [6.07, 6.45) is 0. The van der Waals surface area contributed by atoms with Crippen molar-refractivity contribution in [2.75, 3.05) is 9.80 Å². The smallest absolute Gasteiger partial charge is 0.455 e. The zero-order valence-corrected chi connectivity index (χ0v) is 63.2. The molecule has 3 aliphatic rings. The molecule has 6 atom stereocenters. The van der Waals surface area contributed by atoms with Crippen LogP contribution in [0.3, 0.4) is 0 Å². The average Bonchev–Trinajstić information content (AvgIpc) is 1.91. The minimum Gasteiger partial charge on any atom is -0.455 e. The first kappa shape index (κ1) is 71.4. The molecule has 10 aromatic rings. The number of hydrogen-bond donors (Lipinski definition) is 0. The van der Waals surface area contributed by atoms with Gasteiger partial charge in [-0.2, -0.15) is 0 Å². The van der Waals surface area contributed by atoms with Crippen LogP contribution in [0.5, 0.6) is 23.0 Å².